The molecule has 150 valence electrons. The number of benzene rings is 2. The van der Waals surface area contributed by atoms with Gasteiger partial charge in [-0.2, -0.15) is 10.2 Å². The second kappa shape index (κ2) is 8.29. The molecule has 0 saturated heterocycles. The highest BCUT2D eigenvalue weighted by molar-refractivity contribution is 6.54. The molecule has 1 aliphatic rings. The van der Waals surface area contributed by atoms with Gasteiger partial charge >= 0.3 is 0 Å². The number of para-hydroxylation sites is 1. The zero-order chi connectivity index (χ0) is 21.1. The number of hydrogen-bond donors (Lipinski definition) is 0. The number of carbonyl (C=O) groups is 1. The normalized spacial score (nSPS) is 14.7. The molecule has 30 heavy (non-hydrogen) atoms. The Balaban J connectivity index is 1.61. The summed E-state index contributed by atoms with van der Waals surface area (Å²) >= 11 is 0. The third-order valence-corrected chi connectivity index (χ3v) is 5.17. The topological polar surface area (TPSA) is 62.9 Å². The van der Waals surface area contributed by atoms with Crippen molar-refractivity contribution in [2.75, 3.05) is 11.4 Å². The Morgan fingerprint density at radius 1 is 1.07 bits per heavy atom. The van der Waals surface area contributed by atoms with E-state index >= 15 is 0 Å². The van der Waals surface area contributed by atoms with Crippen LogP contribution in [0.15, 0.2) is 77.5 Å². The van der Waals surface area contributed by atoms with Crippen molar-refractivity contribution in [2.45, 2.75) is 20.4 Å². The summed E-state index contributed by atoms with van der Waals surface area (Å²) in [6.07, 6.45) is 3.38. The van der Waals surface area contributed by atoms with Gasteiger partial charge in [0.1, 0.15) is 0 Å². The molecule has 1 amide bonds. The molecule has 6 nitrogen and oxygen atoms in total. The van der Waals surface area contributed by atoms with Gasteiger partial charge in [0.2, 0.25) is 0 Å². The SMILES string of the molecule is C=CCN1C(=O)/C(=N/N=C\c2c(C)nn(Cc3ccccc3)c2C)c2ccccc21. The molecule has 1 aromatic heterocycles. The van der Waals surface area contributed by atoms with Crippen molar-refractivity contribution in [3.8, 4) is 0 Å². The van der Waals surface area contributed by atoms with Gasteiger partial charge in [-0.15, -0.1) is 11.7 Å². The van der Waals surface area contributed by atoms with E-state index in [0.29, 0.717) is 18.8 Å². The van der Waals surface area contributed by atoms with E-state index in [0.717, 1.165) is 28.2 Å². The van der Waals surface area contributed by atoms with Crippen LogP contribution in [0.2, 0.25) is 0 Å². The summed E-state index contributed by atoms with van der Waals surface area (Å²) in [6, 6.07) is 17.8. The lowest BCUT2D eigenvalue weighted by molar-refractivity contribution is -0.112. The third-order valence-electron chi connectivity index (χ3n) is 5.17. The summed E-state index contributed by atoms with van der Waals surface area (Å²) in [5, 5.41) is 13.2. The molecule has 0 spiro atoms. The molecule has 0 saturated carbocycles. The lowest BCUT2D eigenvalue weighted by atomic mass is 10.1. The maximum atomic E-state index is 12.8. The molecule has 0 fully saturated rings. The fourth-order valence-corrected chi connectivity index (χ4v) is 3.62. The smallest absolute Gasteiger partial charge is 0.279 e. The van der Waals surface area contributed by atoms with Gasteiger partial charge in [-0.1, -0.05) is 54.6 Å². The molecule has 0 bridgehead atoms. The molecule has 0 atom stereocenters. The fourth-order valence-electron chi connectivity index (χ4n) is 3.62. The number of anilines is 1. The third kappa shape index (κ3) is 3.59. The minimum atomic E-state index is -0.165. The average Bonchev–Trinajstić information content (AvgIpc) is 3.17. The summed E-state index contributed by atoms with van der Waals surface area (Å²) in [5.41, 5.74) is 5.94. The quantitative estimate of drug-likeness (QED) is 0.360. The standard InChI is InChI=1S/C24H23N5O/c1-4-14-28-22-13-9-8-12-20(22)23(24(28)30)26-25-15-21-17(2)27-29(18(21)3)16-19-10-6-5-7-11-19/h4-13,15H,1,14,16H2,2-3H3/b25-15-,26-23+. The van der Waals surface area contributed by atoms with Crippen molar-refractivity contribution in [3.05, 3.63) is 95.3 Å². The van der Waals surface area contributed by atoms with Crippen LogP contribution < -0.4 is 4.90 Å². The van der Waals surface area contributed by atoms with Crippen molar-refractivity contribution in [1.29, 1.82) is 0 Å². The minimum Gasteiger partial charge on any atom is -0.302 e. The Morgan fingerprint density at radius 3 is 2.57 bits per heavy atom. The molecule has 0 unspecified atom stereocenters. The van der Waals surface area contributed by atoms with Crippen LogP contribution in [0, 0.1) is 13.8 Å². The number of hydrogen-bond acceptors (Lipinski definition) is 4. The minimum absolute atomic E-state index is 0.165. The van der Waals surface area contributed by atoms with Crippen molar-refractivity contribution in [3.63, 3.8) is 0 Å². The molecule has 0 radical (unpaired) electrons. The highest BCUT2D eigenvalue weighted by atomic mass is 16.2. The highest BCUT2D eigenvalue weighted by Gasteiger charge is 2.33. The Morgan fingerprint density at radius 2 is 1.80 bits per heavy atom. The van der Waals surface area contributed by atoms with Gasteiger partial charge < -0.3 is 4.90 Å². The number of amides is 1. The first-order valence-corrected chi connectivity index (χ1v) is 9.81. The number of nitrogens with zero attached hydrogens (tertiary/aromatic N) is 5. The zero-order valence-corrected chi connectivity index (χ0v) is 17.1. The molecule has 4 rings (SSSR count). The fraction of sp³-hybridized carbons (Fsp3) is 0.167. The summed E-state index contributed by atoms with van der Waals surface area (Å²) in [6.45, 7) is 8.83. The first-order valence-electron chi connectivity index (χ1n) is 9.81. The molecule has 6 heteroatoms. The lowest BCUT2D eigenvalue weighted by Crippen LogP contribution is -2.30. The molecule has 0 N–H and O–H groups in total. The molecule has 2 aromatic carbocycles. The van der Waals surface area contributed by atoms with E-state index in [1.165, 1.54) is 5.56 Å². The predicted octanol–water partition coefficient (Wildman–Crippen LogP) is 3.90. The van der Waals surface area contributed by atoms with Crippen LogP contribution in [0.1, 0.15) is 28.1 Å². The van der Waals surface area contributed by atoms with Crippen molar-refractivity contribution in [1.82, 2.24) is 9.78 Å². The maximum Gasteiger partial charge on any atom is 0.279 e. The summed E-state index contributed by atoms with van der Waals surface area (Å²) < 4.78 is 1.96. The zero-order valence-electron chi connectivity index (χ0n) is 17.1. The van der Waals surface area contributed by atoms with E-state index in [-0.39, 0.29) is 5.91 Å². The van der Waals surface area contributed by atoms with Gasteiger partial charge in [0.05, 0.1) is 24.1 Å². The Bertz CT molecular complexity index is 1160. The van der Waals surface area contributed by atoms with Crippen LogP contribution in [-0.2, 0) is 11.3 Å². The molecular formula is C24H23N5O. The van der Waals surface area contributed by atoms with E-state index in [1.807, 2.05) is 61.0 Å². The predicted molar refractivity (Wildman–Crippen MR) is 120 cm³/mol. The van der Waals surface area contributed by atoms with Crippen LogP contribution in [0.3, 0.4) is 0 Å². The summed E-state index contributed by atoms with van der Waals surface area (Å²) in [4.78, 5) is 14.5. The van der Waals surface area contributed by atoms with E-state index < -0.39 is 0 Å². The maximum absolute atomic E-state index is 12.8. The number of aryl methyl sites for hydroxylation is 1. The monoisotopic (exact) mass is 397 g/mol. The van der Waals surface area contributed by atoms with Crippen LogP contribution in [0.5, 0.6) is 0 Å². The van der Waals surface area contributed by atoms with Crippen LogP contribution in [0.25, 0.3) is 0 Å². The van der Waals surface area contributed by atoms with E-state index in [4.69, 9.17) is 0 Å². The second-order valence-electron chi connectivity index (χ2n) is 7.14. The van der Waals surface area contributed by atoms with Gasteiger partial charge in [-0.3, -0.25) is 9.48 Å². The molecule has 0 aliphatic carbocycles. The Hall–Kier alpha value is -3.80. The van der Waals surface area contributed by atoms with Crippen LogP contribution >= 0.6 is 0 Å². The molecule has 3 aromatic rings. The molecular weight excluding hydrogens is 374 g/mol. The molecule has 2 heterocycles. The number of aromatic nitrogens is 2. The number of carbonyl (C=O) groups excluding carboxylic acids is 1. The van der Waals surface area contributed by atoms with Crippen LogP contribution in [0.4, 0.5) is 5.69 Å². The van der Waals surface area contributed by atoms with Gasteiger partial charge in [0.15, 0.2) is 5.71 Å². The summed E-state index contributed by atoms with van der Waals surface area (Å²) in [7, 11) is 0. The number of rotatable bonds is 6. The van der Waals surface area contributed by atoms with Crippen LogP contribution in [-0.4, -0.2) is 34.2 Å². The van der Waals surface area contributed by atoms with E-state index in [9.17, 15) is 4.79 Å². The Labute approximate surface area is 175 Å². The van der Waals surface area contributed by atoms with E-state index in [1.54, 1.807) is 17.2 Å². The van der Waals surface area contributed by atoms with Gasteiger partial charge in [-0.05, 0) is 25.5 Å². The van der Waals surface area contributed by atoms with Crippen molar-refractivity contribution >= 4 is 23.5 Å². The van der Waals surface area contributed by atoms with Crippen molar-refractivity contribution < 1.29 is 4.79 Å². The van der Waals surface area contributed by atoms with Crippen molar-refractivity contribution in [2.24, 2.45) is 10.2 Å². The van der Waals surface area contributed by atoms with E-state index in [2.05, 4.69) is 34.0 Å². The largest absolute Gasteiger partial charge is 0.302 e. The lowest BCUT2D eigenvalue weighted by Gasteiger charge is -2.13. The van der Waals surface area contributed by atoms with Gasteiger partial charge in [0, 0.05) is 23.4 Å². The first-order chi connectivity index (χ1) is 14.6. The average molecular weight is 397 g/mol. The Kier molecular flexibility index (Phi) is 5.39. The summed E-state index contributed by atoms with van der Waals surface area (Å²) in [5.74, 6) is -0.165. The molecule has 1 aliphatic heterocycles. The number of fused-ring (bicyclic) bond motifs is 1. The first kappa shape index (κ1) is 19.5. The van der Waals surface area contributed by atoms with Gasteiger partial charge in [0.25, 0.3) is 5.91 Å². The highest BCUT2D eigenvalue weighted by Crippen LogP contribution is 2.29. The van der Waals surface area contributed by atoms with Gasteiger partial charge in [-0.25, -0.2) is 0 Å². The second-order valence-corrected chi connectivity index (χ2v) is 7.14.